The second-order valence-electron chi connectivity index (χ2n) is 13.3. The molecule has 17 heteroatoms. The molecule has 0 saturated carbocycles. The first-order valence-corrected chi connectivity index (χ1v) is 17.2. The standard InChI is InChI=1S/C30H40ClN3O12S/c1-17-11-34(26(38)32-25(17)37)30(10-21(36)22(13-35)44-30)24-20-12-33(27(39)46-28(2,3)4)15-29(45-24,16-43-47(5,40)41)23(20)42-14-18-6-8-19(31)9-7-18/h6-9,11,20-24,35-36H,10,12-16H2,1-5H3,(H,32,37,38)/t20-,21+,22-,23+,24-,29-,30+/m1/s1. The van der Waals surface area contributed by atoms with Crippen molar-refractivity contribution in [2.75, 3.05) is 32.6 Å². The van der Waals surface area contributed by atoms with Gasteiger partial charge in [-0.1, -0.05) is 23.7 Å². The molecule has 3 fully saturated rings. The van der Waals surface area contributed by atoms with Gasteiger partial charge in [-0.2, -0.15) is 8.42 Å². The van der Waals surface area contributed by atoms with Crippen LogP contribution in [0, 0.1) is 12.8 Å². The zero-order chi connectivity index (χ0) is 34.5. The van der Waals surface area contributed by atoms with Crippen molar-refractivity contribution in [2.45, 2.75) is 82.1 Å². The van der Waals surface area contributed by atoms with Crippen LogP contribution in [-0.4, -0.2) is 107 Å². The Hall–Kier alpha value is -2.83. The van der Waals surface area contributed by atoms with Crippen molar-refractivity contribution in [1.29, 1.82) is 0 Å². The summed E-state index contributed by atoms with van der Waals surface area (Å²) >= 11 is 6.06. The number of aromatic amines is 1. The number of aryl methyl sites for hydroxylation is 1. The quantitative estimate of drug-likeness (QED) is 0.313. The predicted molar refractivity (Wildman–Crippen MR) is 166 cm³/mol. The molecule has 3 N–H and O–H groups in total. The van der Waals surface area contributed by atoms with E-state index in [-0.39, 0.29) is 31.7 Å². The zero-order valence-corrected chi connectivity index (χ0v) is 28.2. The summed E-state index contributed by atoms with van der Waals surface area (Å²) in [5.41, 5.74) is -5.03. The van der Waals surface area contributed by atoms with Crippen LogP contribution in [0.25, 0.3) is 0 Å². The van der Waals surface area contributed by atoms with Crippen LogP contribution in [0.1, 0.15) is 38.3 Å². The molecular formula is C30H40ClN3O12S. The number of rotatable bonds is 9. The van der Waals surface area contributed by atoms with Crippen molar-refractivity contribution in [2.24, 2.45) is 5.92 Å². The van der Waals surface area contributed by atoms with Crippen LogP contribution in [0.15, 0.2) is 40.1 Å². The van der Waals surface area contributed by atoms with Crippen LogP contribution >= 0.6 is 11.6 Å². The molecule has 15 nitrogen and oxygen atoms in total. The number of hydrogen-bond donors (Lipinski definition) is 3. The van der Waals surface area contributed by atoms with Gasteiger partial charge in [0.25, 0.3) is 15.7 Å². The van der Waals surface area contributed by atoms with Crippen LogP contribution in [0.5, 0.6) is 0 Å². The van der Waals surface area contributed by atoms with Gasteiger partial charge in [-0.05, 0) is 45.4 Å². The van der Waals surface area contributed by atoms with Crippen molar-refractivity contribution >= 4 is 27.8 Å². The third-order valence-electron chi connectivity index (χ3n) is 8.50. The lowest BCUT2D eigenvalue weighted by atomic mass is 9.80. The molecule has 2 aromatic rings. The van der Waals surface area contributed by atoms with Gasteiger partial charge in [0.05, 0.1) is 44.8 Å². The summed E-state index contributed by atoms with van der Waals surface area (Å²) in [5, 5.41) is 21.6. The van der Waals surface area contributed by atoms with Gasteiger partial charge < -0.3 is 34.1 Å². The fourth-order valence-electron chi connectivity index (χ4n) is 6.52. The Kier molecular flexibility index (Phi) is 9.73. The number of benzene rings is 1. The average Bonchev–Trinajstić information content (AvgIpc) is 3.40. The van der Waals surface area contributed by atoms with E-state index in [2.05, 4.69) is 4.98 Å². The molecule has 47 heavy (non-hydrogen) atoms. The number of amides is 1. The lowest BCUT2D eigenvalue weighted by molar-refractivity contribution is -0.215. The zero-order valence-electron chi connectivity index (χ0n) is 26.7. The topological polar surface area (TPSA) is 196 Å². The van der Waals surface area contributed by atoms with Crippen LogP contribution in [0.3, 0.4) is 0 Å². The maximum Gasteiger partial charge on any atom is 0.410 e. The number of H-pyrrole nitrogens is 1. The number of carbonyl (C=O) groups excluding carboxylic acids is 1. The summed E-state index contributed by atoms with van der Waals surface area (Å²) in [4.78, 5) is 42.9. The molecule has 1 aromatic carbocycles. The van der Waals surface area contributed by atoms with Crippen LogP contribution in [0.4, 0.5) is 4.79 Å². The largest absolute Gasteiger partial charge is 0.444 e. The first-order chi connectivity index (χ1) is 21.9. The predicted octanol–water partition coefficient (Wildman–Crippen LogP) is 0.859. The number of aliphatic hydroxyl groups excluding tert-OH is 2. The summed E-state index contributed by atoms with van der Waals surface area (Å²) in [7, 11) is -4.04. The van der Waals surface area contributed by atoms with E-state index in [1.165, 1.54) is 18.0 Å². The summed E-state index contributed by atoms with van der Waals surface area (Å²) in [6.45, 7) is 5.10. The number of ether oxygens (including phenoxy) is 4. The molecule has 4 heterocycles. The molecule has 3 aliphatic heterocycles. The van der Waals surface area contributed by atoms with Gasteiger partial charge in [-0.25, -0.2) is 9.59 Å². The molecule has 5 rings (SSSR count). The van der Waals surface area contributed by atoms with Gasteiger partial charge in [0, 0.05) is 35.7 Å². The van der Waals surface area contributed by atoms with Crippen molar-refractivity contribution in [1.82, 2.24) is 14.5 Å². The van der Waals surface area contributed by atoms with E-state index in [1.54, 1.807) is 45.0 Å². The maximum atomic E-state index is 13.5. The van der Waals surface area contributed by atoms with E-state index in [0.29, 0.717) is 5.02 Å². The van der Waals surface area contributed by atoms with Gasteiger partial charge in [0.1, 0.15) is 23.4 Å². The van der Waals surface area contributed by atoms with Crippen molar-refractivity contribution in [3.05, 3.63) is 67.4 Å². The minimum atomic E-state index is -4.04. The fraction of sp³-hybridized carbons (Fsp3) is 0.633. The molecule has 1 amide bonds. The number of hydrogen-bond acceptors (Lipinski definition) is 12. The lowest BCUT2D eigenvalue weighted by Crippen LogP contribution is -2.62. The lowest BCUT2D eigenvalue weighted by Gasteiger charge is -2.44. The second kappa shape index (κ2) is 12.9. The molecule has 0 unspecified atom stereocenters. The van der Waals surface area contributed by atoms with Crippen molar-refractivity contribution in [3.63, 3.8) is 0 Å². The number of nitrogens with zero attached hydrogens (tertiary/aromatic N) is 2. The molecule has 3 aliphatic rings. The Labute approximate surface area is 276 Å². The number of aliphatic hydroxyl groups is 2. The molecule has 260 valence electrons. The Morgan fingerprint density at radius 1 is 1.19 bits per heavy atom. The summed E-state index contributed by atoms with van der Waals surface area (Å²) < 4.78 is 56.3. The molecule has 0 spiro atoms. The fourth-order valence-corrected chi connectivity index (χ4v) is 7.06. The summed E-state index contributed by atoms with van der Waals surface area (Å²) in [6.07, 6.45) is -3.45. The van der Waals surface area contributed by atoms with Gasteiger partial charge in [-0.15, -0.1) is 0 Å². The highest BCUT2D eigenvalue weighted by Crippen LogP contribution is 2.52. The SMILES string of the molecule is Cc1cn([C@@]2([C@@H]3O[C@@]4(COS(C)(=O)=O)CN(C(=O)OC(C)(C)C)C[C@@H]3[C@@H]4OCc3ccc(Cl)cc3)C[C@H](O)[C@@H](CO)O2)c(=O)[nH]c1=O. The van der Waals surface area contributed by atoms with Crippen LogP contribution in [-0.2, 0) is 45.6 Å². The number of nitrogens with one attached hydrogen (secondary N) is 1. The number of fused-ring (bicyclic) bond motifs is 2. The minimum absolute atomic E-state index is 0.0228. The molecule has 2 bridgehead atoms. The highest BCUT2D eigenvalue weighted by atomic mass is 35.5. The smallest absolute Gasteiger partial charge is 0.410 e. The Morgan fingerprint density at radius 3 is 2.47 bits per heavy atom. The maximum absolute atomic E-state index is 13.5. The third-order valence-corrected chi connectivity index (χ3v) is 9.30. The summed E-state index contributed by atoms with van der Waals surface area (Å²) in [5.74, 6) is -0.851. The van der Waals surface area contributed by atoms with Crippen molar-refractivity contribution in [3.8, 4) is 0 Å². The Bertz CT molecular complexity index is 1710. The molecule has 7 atom stereocenters. The number of piperidine rings is 1. The Morgan fingerprint density at radius 2 is 1.87 bits per heavy atom. The molecule has 0 aliphatic carbocycles. The molecule has 1 aromatic heterocycles. The van der Waals surface area contributed by atoms with Crippen molar-refractivity contribution < 1.29 is 46.6 Å². The Balaban J connectivity index is 1.66. The molecule has 0 radical (unpaired) electrons. The first-order valence-electron chi connectivity index (χ1n) is 15.0. The first kappa shape index (κ1) is 35.5. The highest BCUT2D eigenvalue weighted by molar-refractivity contribution is 7.85. The third kappa shape index (κ3) is 7.29. The monoisotopic (exact) mass is 701 g/mol. The van der Waals surface area contributed by atoms with Crippen LogP contribution in [0.2, 0.25) is 5.02 Å². The number of aromatic nitrogens is 2. The molecule has 3 saturated heterocycles. The second-order valence-corrected chi connectivity index (χ2v) is 15.4. The van der Waals surface area contributed by atoms with E-state index >= 15 is 0 Å². The van der Waals surface area contributed by atoms with E-state index in [4.69, 9.17) is 34.7 Å². The number of halogens is 1. The highest BCUT2D eigenvalue weighted by Gasteiger charge is 2.69. The average molecular weight is 702 g/mol. The molecular weight excluding hydrogens is 662 g/mol. The van der Waals surface area contributed by atoms with Crippen LogP contribution < -0.4 is 11.2 Å². The summed E-state index contributed by atoms with van der Waals surface area (Å²) in [6, 6.07) is 6.88. The number of carbonyl (C=O) groups is 1. The van der Waals surface area contributed by atoms with E-state index < -0.39 is 87.9 Å². The number of likely N-dealkylation sites (tertiary alicyclic amines) is 1. The van der Waals surface area contributed by atoms with Gasteiger partial charge >= 0.3 is 11.8 Å². The van der Waals surface area contributed by atoms with Gasteiger partial charge in [0.2, 0.25) is 0 Å². The van der Waals surface area contributed by atoms with Gasteiger partial charge in [-0.3, -0.25) is 18.5 Å². The van der Waals surface area contributed by atoms with E-state index in [9.17, 15) is 33.0 Å². The van der Waals surface area contributed by atoms with Gasteiger partial charge in [0.15, 0.2) is 5.72 Å². The minimum Gasteiger partial charge on any atom is -0.444 e. The normalized spacial score (nSPS) is 30.9. The van der Waals surface area contributed by atoms with E-state index in [0.717, 1.165) is 16.4 Å². The van der Waals surface area contributed by atoms with E-state index in [1.807, 2.05) is 0 Å².